The topological polar surface area (TPSA) is 76.4 Å². The second-order valence-electron chi connectivity index (χ2n) is 3.84. The van der Waals surface area contributed by atoms with E-state index in [-0.39, 0.29) is 5.91 Å². The summed E-state index contributed by atoms with van der Waals surface area (Å²) >= 11 is 0. The molecule has 2 aromatic rings. The lowest BCUT2D eigenvalue weighted by Crippen LogP contribution is -2.30. The first-order valence-corrected chi connectivity index (χ1v) is 5.76. The first-order chi connectivity index (χ1) is 9.26. The van der Waals surface area contributed by atoms with Crippen LogP contribution in [0.1, 0.15) is 10.4 Å². The van der Waals surface area contributed by atoms with Crippen LogP contribution in [0.15, 0.2) is 48.5 Å². The molecule has 5 heteroatoms. The summed E-state index contributed by atoms with van der Waals surface area (Å²) in [5.41, 5.74) is 4.04. The van der Waals surface area contributed by atoms with Gasteiger partial charge in [0.05, 0.1) is 24.0 Å². The Morgan fingerprint density at radius 1 is 1.05 bits per heavy atom. The highest BCUT2D eigenvalue weighted by Gasteiger charge is 2.10. The Labute approximate surface area is 111 Å². The maximum atomic E-state index is 11.7. The van der Waals surface area contributed by atoms with Crippen LogP contribution >= 0.6 is 0 Å². The molecule has 0 unspecified atom stereocenters. The fourth-order valence-electron chi connectivity index (χ4n) is 1.76. The summed E-state index contributed by atoms with van der Waals surface area (Å²) in [6.07, 6.45) is 0. The third-order valence-corrected chi connectivity index (χ3v) is 2.68. The van der Waals surface area contributed by atoms with Crippen molar-refractivity contribution < 1.29 is 9.53 Å². The van der Waals surface area contributed by atoms with Gasteiger partial charge in [0.1, 0.15) is 5.75 Å². The number of hydrazine groups is 1. The van der Waals surface area contributed by atoms with Crippen LogP contribution < -0.4 is 21.3 Å². The fraction of sp³-hybridized carbons (Fsp3) is 0.0714. The minimum atomic E-state index is -0.349. The molecule has 0 aliphatic heterocycles. The zero-order valence-electron chi connectivity index (χ0n) is 10.5. The van der Waals surface area contributed by atoms with Gasteiger partial charge in [-0.2, -0.15) is 0 Å². The van der Waals surface area contributed by atoms with Crippen LogP contribution in [-0.4, -0.2) is 13.0 Å². The average Bonchev–Trinajstić information content (AvgIpc) is 2.47. The maximum absolute atomic E-state index is 11.7. The monoisotopic (exact) mass is 257 g/mol. The Morgan fingerprint density at radius 3 is 2.37 bits per heavy atom. The number of methoxy groups -OCH3 is 1. The van der Waals surface area contributed by atoms with E-state index >= 15 is 0 Å². The Morgan fingerprint density at radius 2 is 1.68 bits per heavy atom. The number of amides is 1. The van der Waals surface area contributed by atoms with Crippen molar-refractivity contribution in [1.29, 1.82) is 0 Å². The average molecular weight is 257 g/mol. The Bertz CT molecular complexity index is 584. The molecule has 0 fully saturated rings. The molecule has 5 nitrogen and oxygen atoms in total. The molecular weight excluding hydrogens is 242 g/mol. The van der Waals surface area contributed by atoms with Crippen molar-refractivity contribution >= 4 is 17.3 Å². The van der Waals surface area contributed by atoms with E-state index in [9.17, 15) is 4.79 Å². The first kappa shape index (κ1) is 12.9. The smallest absolute Gasteiger partial charge is 0.267 e. The molecule has 0 bridgehead atoms. The van der Waals surface area contributed by atoms with E-state index < -0.39 is 0 Å². The van der Waals surface area contributed by atoms with Crippen molar-refractivity contribution in [3.63, 3.8) is 0 Å². The van der Waals surface area contributed by atoms with E-state index in [1.54, 1.807) is 25.3 Å². The fourth-order valence-corrected chi connectivity index (χ4v) is 1.76. The molecule has 0 aliphatic carbocycles. The highest BCUT2D eigenvalue weighted by Crippen LogP contribution is 2.28. The lowest BCUT2D eigenvalue weighted by Gasteiger charge is -2.13. The number of nitrogens with one attached hydrogen (secondary N) is 2. The Balaban J connectivity index is 2.36. The number of nitrogen functional groups attached to an aromatic ring is 1. The van der Waals surface area contributed by atoms with Crippen molar-refractivity contribution in [3.8, 4) is 5.75 Å². The van der Waals surface area contributed by atoms with Crippen LogP contribution in [0.5, 0.6) is 5.75 Å². The molecule has 2 aromatic carbocycles. The number of rotatable bonds is 4. The van der Waals surface area contributed by atoms with Gasteiger partial charge in [0, 0.05) is 0 Å². The highest BCUT2D eigenvalue weighted by atomic mass is 16.5. The van der Waals surface area contributed by atoms with Crippen LogP contribution in [0, 0.1) is 0 Å². The SMILES string of the molecule is COc1ccccc1Nc1ccccc1C(=O)NN. The zero-order chi connectivity index (χ0) is 13.7. The van der Waals surface area contributed by atoms with Crippen molar-refractivity contribution in [1.82, 2.24) is 5.43 Å². The molecule has 0 aliphatic rings. The van der Waals surface area contributed by atoms with Gasteiger partial charge in [-0.25, -0.2) is 5.84 Å². The molecule has 2 rings (SSSR count). The number of para-hydroxylation sites is 3. The highest BCUT2D eigenvalue weighted by molar-refractivity contribution is 6.00. The van der Waals surface area contributed by atoms with Gasteiger partial charge in [-0.1, -0.05) is 24.3 Å². The molecular formula is C14H15N3O2. The van der Waals surface area contributed by atoms with Crippen molar-refractivity contribution in [2.24, 2.45) is 5.84 Å². The number of nitrogens with two attached hydrogens (primary N) is 1. The van der Waals surface area contributed by atoms with Gasteiger partial charge in [-0.15, -0.1) is 0 Å². The van der Waals surface area contributed by atoms with Crippen molar-refractivity contribution in [3.05, 3.63) is 54.1 Å². The maximum Gasteiger partial charge on any atom is 0.267 e. The third-order valence-electron chi connectivity index (χ3n) is 2.68. The van der Waals surface area contributed by atoms with Gasteiger partial charge in [-0.05, 0) is 24.3 Å². The predicted molar refractivity (Wildman–Crippen MR) is 74.4 cm³/mol. The van der Waals surface area contributed by atoms with Crippen molar-refractivity contribution in [2.75, 3.05) is 12.4 Å². The summed E-state index contributed by atoms with van der Waals surface area (Å²) in [4.78, 5) is 11.7. The number of carbonyl (C=O) groups is 1. The van der Waals surface area contributed by atoms with Gasteiger partial charge < -0.3 is 10.1 Å². The Hall–Kier alpha value is -2.53. The van der Waals surface area contributed by atoms with Crippen molar-refractivity contribution in [2.45, 2.75) is 0 Å². The molecule has 0 aromatic heterocycles. The zero-order valence-corrected chi connectivity index (χ0v) is 10.5. The quantitative estimate of drug-likeness (QED) is 0.445. The van der Waals surface area contributed by atoms with Crippen LogP contribution in [0.4, 0.5) is 11.4 Å². The standard InChI is InChI=1S/C14H15N3O2/c1-19-13-9-5-4-8-12(13)16-11-7-3-2-6-10(11)14(18)17-15/h2-9,16H,15H2,1H3,(H,17,18). The summed E-state index contributed by atoms with van der Waals surface area (Å²) in [7, 11) is 1.60. The number of hydrogen-bond donors (Lipinski definition) is 3. The van der Waals surface area contributed by atoms with E-state index in [0.29, 0.717) is 17.0 Å². The first-order valence-electron chi connectivity index (χ1n) is 5.76. The molecule has 0 radical (unpaired) electrons. The molecule has 0 saturated carbocycles. The minimum absolute atomic E-state index is 0.349. The molecule has 19 heavy (non-hydrogen) atoms. The minimum Gasteiger partial charge on any atom is -0.495 e. The number of hydrogen-bond acceptors (Lipinski definition) is 4. The molecule has 0 atom stereocenters. The lowest BCUT2D eigenvalue weighted by molar-refractivity contribution is 0.0954. The van der Waals surface area contributed by atoms with Crippen LogP contribution in [0.2, 0.25) is 0 Å². The lowest BCUT2D eigenvalue weighted by atomic mass is 10.1. The van der Waals surface area contributed by atoms with Gasteiger partial charge in [0.15, 0.2) is 0 Å². The summed E-state index contributed by atoms with van der Waals surface area (Å²) in [6.45, 7) is 0. The normalized spacial score (nSPS) is 9.79. The second kappa shape index (κ2) is 5.88. The molecule has 0 spiro atoms. The predicted octanol–water partition coefficient (Wildman–Crippen LogP) is 2.04. The van der Waals surface area contributed by atoms with E-state index in [2.05, 4.69) is 10.7 Å². The molecule has 4 N–H and O–H groups in total. The third kappa shape index (κ3) is 2.83. The summed E-state index contributed by atoms with van der Waals surface area (Å²) in [5.74, 6) is 5.52. The van der Waals surface area contributed by atoms with E-state index in [1.165, 1.54) is 0 Å². The van der Waals surface area contributed by atoms with Crippen LogP contribution in [0.25, 0.3) is 0 Å². The molecule has 0 saturated heterocycles. The number of carbonyl (C=O) groups excluding carboxylic acids is 1. The van der Waals surface area contributed by atoms with E-state index in [4.69, 9.17) is 10.6 Å². The largest absolute Gasteiger partial charge is 0.495 e. The summed E-state index contributed by atoms with van der Waals surface area (Å²) in [6, 6.07) is 14.6. The van der Waals surface area contributed by atoms with Gasteiger partial charge >= 0.3 is 0 Å². The van der Waals surface area contributed by atoms with Gasteiger partial charge in [0.2, 0.25) is 0 Å². The Kier molecular flexibility index (Phi) is 4.00. The number of benzene rings is 2. The number of ether oxygens (including phenoxy) is 1. The van der Waals surface area contributed by atoms with Crippen LogP contribution in [0.3, 0.4) is 0 Å². The molecule has 98 valence electrons. The van der Waals surface area contributed by atoms with Gasteiger partial charge in [0.25, 0.3) is 5.91 Å². The van der Waals surface area contributed by atoms with E-state index in [0.717, 1.165) is 5.69 Å². The molecule has 0 heterocycles. The molecule has 1 amide bonds. The van der Waals surface area contributed by atoms with Crippen LogP contribution in [-0.2, 0) is 0 Å². The summed E-state index contributed by atoms with van der Waals surface area (Å²) < 4.78 is 5.26. The van der Waals surface area contributed by atoms with E-state index in [1.807, 2.05) is 30.3 Å². The summed E-state index contributed by atoms with van der Waals surface area (Å²) in [5, 5.41) is 3.17. The second-order valence-corrected chi connectivity index (χ2v) is 3.84. The van der Waals surface area contributed by atoms with Gasteiger partial charge in [-0.3, -0.25) is 10.2 Å². The number of anilines is 2.